The molecule has 0 aromatic rings. The highest BCUT2D eigenvalue weighted by atomic mass is 16.4. The predicted octanol–water partition coefficient (Wildman–Crippen LogP) is -3.10. The fraction of sp³-hybridized carbons (Fsp3) is 0.737. The predicted molar refractivity (Wildman–Crippen MR) is 115 cm³/mol. The molecule has 0 rings (SSSR count). The lowest BCUT2D eigenvalue weighted by atomic mass is 10.0. The van der Waals surface area contributed by atoms with E-state index >= 15 is 0 Å². The second kappa shape index (κ2) is 15.1. The standard InChI is InChI=1S/C19H36N6O7/c1-10(2)7-12(17(29)24-13(19(31)32)8-15(22)27)23-18(30)14(9-26)25-16(28)11(21)5-3-4-6-20/h10-14,26H,3-9,20-21H2,1-2H3,(H2,22,27)(H,23,30)(H,24,29)(H,25,28)(H,31,32). The maximum absolute atomic E-state index is 12.6. The summed E-state index contributed by atoms with van der Waals surface area (Å²) in [5, 5.41) is 25.6. The van der Waals surface area contributed by atoms with E-state index in [0.717, 1.165) is 0 Å². The molecule has 0 radical (unpaired) electrons. The van der Waals surface area contributed by atoms with Crippen molar-refractivity contribution in [3.8, 4) is 0 Å². The topological polar surface area (TPSA) is 240 Å². The normalized spacial score (nSPS) is 14.7. The van der Waals surface area contributed by atoms with Gasteiger partial charge in [0.15, 0.2) is 0 Å². The molecule has 13 heteroatoms. The first-order valence-electron chi connectivity index (χ1n) is 10.4. The number of primary amides is 1. The number of aliphatic hydroxyl groups excluding tert-OH is 1. The summed E-state index contributed by atoms with van der Waals surface area (Å²) in [5.74, 6) is -4.80. The van der Waals surface area contributed by atoms with Gasteiger partial charge in [0.05, 0.1) is 19.1 Å². The van der Waals surface area contributed by atoms with E-state index in [-0.39, 0.29) is 12.3 Å². The van der Waals surface area contributed by atoms with Crippen LogP contribution in [0, 0.1) is 5.92 Å². The van der Waals surface area contributed by atoms with Crippen molar-refractivity contribution in [3.63, 3.8) is 0 Å². The van der Waals surface area contributed by atoms with Crippen LogP contribution >= 0.6 is 0 Å². The summed E-state index contributed by atoms with van der Waals surface area (Å²) in [4.78, 5) is 59.6. The lowest BCUT2D eigenvalue weighted by molar-refractivity contribution is -0.144. The maximum atomic E-state index is 12.6. The van der Waals surface area contributed by atoms with Gasteiger partial charge in [0.25, 0.3) is 0 Å². The molecule has 4 atom stereocenters. The Balaban J connectivity index is 5.19. The fourth-order valence-electron chi connectivity index (χ4n) is 2.76. The summed E-state index contributed by atoms with van der Waals surface area (Å²) in [7, 11) is 0. The Kier molecular flexibility index (Phi) is 13.8. The first-order chi connectivity index (χ1) is 14.9. The third kappa shape index (κ3) is 11.6. The molecule has 0 aromatic heterocycles. The van der Waals surface area contributed by atoms with Crippen molar-refractivity contribution < 1.29 is 34.2 Å². The van der Waals surface area contributed by atoms with E-state index in [0.29, 0.717) is 25.8 Å². The average molecular weight is 461 g/mol. The summed E-state index contributed by atoms with van der Waals surface area (Å²) < 4.78 is 0. The number of amides is 4. The molecule has 13 nitrogen and oxygen atoms in total. The summed E-state index contributed by atoms with van der Waals surface area (Å²) in [6, 6.07) is -5.01. The van der Waals surface area contributed by atoms with Crippen LogP contribution in [0.2, 0.25) is 0 Å². The van der Waals surface area contributed by atoms with Crippen LogP contribution < -0.4 is 33.2 Å². The summed E-state index contributed by atoms with van der Waals surface area (Å²) >= 11 is 0. The Morgan fingerprint density at radius 3 is 1.88 bits per heavy atom. The average Bonchev–Trinajstić information content (AvgIpc) is 2.69. The van der Waals surface area contributed by atoms with E-state index in [9.17, 15) is 29.1 Å². The molecular formula is C19H36N6O7. The monoisotopic (exact) mass is 460 g/mol. The quantitative estimate of drug-likeness (QED) is 0.109. The van der Waals surface area contributed by atoms with Crippen molar-refractivity contribution in [1.82, 2.24) is 16.0 Å². The van der Waals surface area contributed by atoms with Crippen LogP contribution in [0.25, 0.3) is 0 Å². The molecule has 184 valence electrons. The van der Waals surface area contributed by atoms with E-state index in [4.69, 9.17) is 22.3 Å². The number of nitrogens with one attached hydrogen (secondary N) is 3. The van der Waals surface area contributed by atoms with Gasteiger partial charge < -0.3 is 43.4 Å². The largest absolute Gasteiger partial charge is 0.480 e. The molecular weight excluding hydrogens is 424 g/mol. The van der Waals surface area contributed by atoms with Gasteiger partial charge in [-0.05, 0) is 31.7 Å². The fourth-order valence-corrected chi connectivity index (χ4v) is 2.76. The van der Waals surface area contributed by atoms with Gasteiger partial charge in [-0.3, -0.25) is 19.2 Å². The molecule has 0 saturated carbocycles. The van der Waals surface area contributed by atoms with Gasteiger partial charge in [-0.1, -0.05) is 20.3 Å². The molecule has 0 heterocycles. The SMILES string of the molecule is CC(C)CC(NC(=O)C(CO)NC(=O)C(N)CCCCN)C(=O)NC(CC(N)=O)C(=O)O. The van der Waals surface area contributed by atoms with Gasteiger partial charge in [-0.2, -0.15) is 0 Å². The molecule has 0 aliphatic carbocycles. The van der Waals surface area contributed by atoms with Crippen molar-refractivity contribution in [2.45, 2.75) is 70.1 Å². The van der Waals surface area contributed by atoms with Crippen molar-refractivity contribution >= 4 is 29.6 Å². The maximum Gasteiger partial charge on any atom is 0.326 e. The molecule has 0 aliphatic rings. The van der Waals surface area contributed by atoms with Crippen molar-refractivity contribution in [2.24, 2.45) is 23.1 Å². The minimum absolute atomic E-state index is 0.0800. The second-order valence-electron chi connectivity index (χ2n) is 7.90. The number of hydrogen-bond donors (Lipinski definition) is 8. The number of carbonyl (C=O) groups is 5. The van der Waals surface area contributed by atoms with Gasteiger partial charge in [-0.25, -0.2) is 4.79 Å². The van der Waals surface area contributed by atoms with E-state index in [1.165, 1.54) is 0 Å². The molecule has 4 amide bonds. The van der Waals surface area contributed by atoms with E-state index in [1.807, 2.05) is 0 Å². The number of carboxylic acid groups (broad SMARTS) is 1. The summed E-state index contributed by atoms with van der Waals surface area (Å²) in [6.07, 6.45) is 1.15. The number of aliphatic hydroxyl groups is 1. The zero-order chi connectivity index (χ0) is 24.8. The molecule has 0 saturated heterocycles. The minimum Gasteiger partial charge on any atom is -0.480 e. The molecule has 0 aromatic carbocycles. The Hall–Kier alpha value is -2.77. The number of rotatable bonds is 16. The molecule has 32 heavy (non-hydrogen) atoms. The van der Waals surface area contributed by atoms with E-state index in [2.05, 4.69) is 16.0 Å². The number of nitrogens with two attached hydrogens (primary N) is 3. The van der Waals surface area contributed by atoms with Crippen LogP contribution in [0.15, 0.2) is 0 Å². The molecule has 0 fully saturated rings. The lowest BCUT2D eigenvalue weighted by Crippen LogP contribution is -2.58. The van der Waals surface area contributed by atoms with Crippen molar-refractivity contribution in [2.75, 3.05) is 13.2 Å². The number of carbonyl (C=O) groups excluding carboxylic acids is 4. The van der Waals surface area contributed by atoms with E-state index < -0.39 is 66.8 Å². The number of hydrogen-bond acceptors (Lipinski definition) is 8. The number of unbranched alkanes of at least 4 members (excludes halogenated alkanes) is 1. The third-order valence-electron chi connectivity index (χ3n) is 4.48. The van der Waals surface area contributed by atoms with Crippen LogP contribution in [0.5, 0.6) is 0 Å². The van der Waals surface area contributed by atoms with Crippen LogP contribution in [-0.2, 0) is 24.0 Å². The first kappa shape index (κ1) is 29.2. The van der Waals surface area contributed by atoms with Crippen molar-refractivity contribution in [3.05, 3.63) is 0 Å². The van der Waals surface area contributed by atoms with Gasteiger partial charge in [0.2, 0.25) is 23.6 Å². The molecule has 11 N–H and O–H groups in total. The van der Waals surface area contributed by atoms with Gasteiger partial charge in [-0.15, -0.1) is 0 Å². The zero-order valence-corrected chi connectivity index (χ0v) is 18.5. The Labute approximate surface area is 186 Å². The smallest absolute Gasteiger partial charge is 0.326 e. The van der Waals surface area contributed by atoms with Crippen LogP contribution in [0.4, 0.5) is 0 Å². The molecule has 4 unspecified atom stereocenters. The summed E-state index contributed by atoms with van der Waals surface area (Å²) in [6.45, 7) is 3.26. The first-order valence-corrected chi connectivity index (χ1v) is 10.4. The van der Waals surface area contributed by atoms with Crippen molar-refractivity contribution in [1.29, 1.82) is 0 Å². The highest BCUT2D eigenvalue weighted by Gasteiger charge is 2.31. The van der Waals surface area contributed by atoms with E-state index in [1.54, 1.807) is 13.8 Å². The molecule has 0 bridgehead atoms. The lowest BCUT2D eigenvalue weighted by Gasteiger charge is -2.25. The zero-order valence-electron chi connectivity index (χ0n) is 18.5. The highest BCUT2D eigenvalue weighted by Crippen LogP contribution is 2.07. The minimum atomic E-state index is -1.56. The Bertz CT molecular complexity index is 658. The van der Waals surface area contributed by atoms with Crippen LogP contribution in [0.3, 0.4) is 0 Å². The third-order valence-corrected chi connectivity index (χ3v) is 4.48. The summed E-state index contributed by atoms with van der Waals surface area (Å²) in [5.41, 5.74) is 16.2. The van der Waals surface area contributed by atoms with Crippen LogP contribution in [0.1, 0.15) is 46.0 Å². The number of aliphatic carboxylic acids is 1. The Morgan fingerprint density at radius 2 is 1.41 bits per heavy atom. The van der Waals surface area contributed by atoms with Gasteiger partial charge in [0.1, 0.15) is 18.1 Å². The second-order valence-corrected chi connectivity index (χ2v) is 7.90. The number of carboxylic acids is 1. The molecule has 0 aliphatic heterocycles. The van der Waals surface area contributed by atoms with Gasteiger partial charge in [0, 0.05) is 0 Å². The van der Waals surface area contributed by atoms with Gasteiger partial charge >= 0.3 is 5.97 Å². The molecule has 0 spiro atoms. The Morgan fingerprint density at radius 1 is 0.875 bits per heavy atom. The van der Waals surface area contributed by atoms with Crippen LogP contribution in [-0.4, -0.2) is 77.1 Å². The highest BCUT2D eigenvalue weighted by molar-refractivity contribution is 5.94.